The van der Waals surface area contributed by atoms with Gasteiger partial charge >= 0.3 is 11.9 Å². The van der Waals surface area contributed by atoms with Gasteiger partial charge in [-0.15, -0.1) is 13.3 Å². The number of hydrogen-bond donors (Lipinski definition) is 1. The molecule has 1 rings (SSSR count). The van der Waals surface area contributed by atoms with Gasteiger partial charge in [-0.05, 0) is 27.7 Å². The van der Waals surface area contributed by atoms with Crippen LogP contribution in [0.4, 0.5) is 18.9 Å². The zero-order valence-electron chi connectivity index (χ0n) is 10.1. The Morgan fingerprint density at radius 2 is 1.56 bits per heavy atom. The van der Waals surface area contributed by atoms with Crippen LogP contribution in [0.1, 0.15) is 26.3 Å². The lowest BCUT2D eigenvalue weighted by atomic mass is 10.1. The van der Waals surface area contributed by atoms with Gasteiger partial charge in [0, 0.05) is 5.54 Å². The zero-order valence-corrected chi connectivity index (χ0v) is 10.1. The van der Waals surface area contributed by atoms with Crippen LogP contribution in [-0.2, 0) is 7.05 Å². The third-order valence-corrected chi connectivity index (χ3v) is 2.17. The first-order valence-corrected chi connectivity index (χ1v) is 4.96. The first-order chi connectivity index (χ1) is 7.15. The normalized spacial score (nSPS) is 11.8. The molecular formula is C11H16F3N2+. The third-order valence-electron chi connectivity index (χ3n) is 2.17. The molecule has 0 fully saturated rings. The van der Waals surface area contributed by atoms with Crippen LogP contribution >= 0.6 is 0 Å². The van der Waals surface area contributed by atoms with Crippen molar-refractivity contribution in [3.8, 4) is 0 Å². The standard InChI is InChI=1S/C11H15F3N2/c1-6-8(15-11(2,3)4)7(12)10(14)16(5)9(6)13/h1-5H3/p+1. The molecule has 0 aromatic carbocycles. The smallest absolute Gasteiger partial charge is 0.377 e. The van der Waals surface area contributed by atoms with Gasteiger partial charge in [0.2, 0.25) is 5.82 Å². The van der Waals surface area contributed by atoms with Crippen LogP contribution in [0, 0.1) is 24.6 Å². The summed E-state index contributed by atoms with van der Waals surface area (Å²) in [5.41, 5.74) is -0.526. The molecule has 0 aliphatic rings. The Labute approximate surface area is 93.1 Å². The number of rotatable bonds is 1. The van der Waals surface area contributed by atoms with Gasteiger partial charge in [-0.3, -0.25) is 0 Å². The van der Waals surface area contributed by atoms with Gasteiger partial charge in [-0.1, -0.05) is 0 Å². The molecule has 16 heavy (non-hydrogen) atoms. The van der Waals surface area contributed by atoms with Gasteiger partial charge in [0.05, 0.1) is 11.3 Å². The molecule has 0 saturated carbocycles. The van der Waals surface area contributed by atoms with Crippen molar-refractivity contribution in [2.75, 3.05) is 5.32 Å². The minimum Gasteiger partial charge on any atom is -0.377 e. The summed E-state index contributed by atoms with van der Waals surface area (Å²) >= 11 is 0. The largest absolute Gasteiger partial charge is 0.400 e. The molecule has 0 spiro atoms. The SMILES string of the molecule is Cc1c(NC(C)(C)C)c(F)c(F)[n+](C)c1F. The van der Waals surface area contributed by atoms with E-state index in [1.54, 1.807) is 20.8 Å². The van der Waals surface area contributed by atoms with Crippen LogP contribution in [0.2, 0.25) is 0 Å². The number of pyridine rings is 1. The number of anilines is 1. The average molecular weight is 233 g/mol. The fourth-order valence-corrected chi connectivity index (χ4v) is 1.38. The quantitative estimate of drug-likeness (QED) is 0.582. The summed E-state index contributed by atoms with van der Waals surface area (Å²) in [5, 5.41) is 2.76. The molecule has 0 unspecified atom stereocenters. The van der Waals surface area contributed by atoms with Crippen molar-refractivity contribution in [3.63, 3.8) is 0 Å². The number of hydrogen-bond acceptors (Lipinski definition) is 1. The van der Waals surface area contributed by atoms with E-state index in [1.807, 2.05) is 0 Å². The summed E-state index contributed by atoms with van der Waals surface area (Å²) in [7, 11) is 1.14. The second-order valence-electron chi connectivity index (χ2n) is 4.83. The predicted molar refractivity (Wildman–Crippen MR) is 55.6 cm³/mol. The molecule has 0 aliphatic carbocycles. The number of halogens is 3. The lowest BCUT2D eigenvalue weighted by molar-refractivity contribution is -0.729. The van der Waals surface area contributed by atoms with Crippen molar-refractivity contribution in [2.45, 2.75) is 33.2 Å². The van der Waals surface area contributed by atoms with Crippen molar-refractivity contribution < 1.29 is 17.7 Å². The molecule has 0 aliphatic heterocycles. The van der Waals surface area contributed by atoms with Crippen molar-refractivity contribution in [3.05, 3.63) is 23.3 Å². The topological polar surface area (TPSA) is 15.9 Å². The minimum absolute atomic E-state index is 0.0660. The van der Waals surface area contributed by atoms with Crippen molar-refractivity contribution in [1.82, 2.24) is 0 Å². The van der Waals surface area contributed by atoms with Gasteiger partial charge in [0.25, 0.3) is 0 Å². The molecule has 0 bridgehead atoms. The van der Waals surface area contributed by atoms with E-state index in [1.165, 1.54) is 6.92 Å². The number of aromatic nitrogens is 1. The van der Waals surface area contributed by atoms with Crippen LogP contribution < -0.4 is 9.88 Å². The van der Waals surface area contributed by atoms with E-state index in [2.05, 4.69) is 5.32 Å². The van der Waals surface area contributed by atoms with Gasteiger partial charge < -0.3 is 5.32 Å². The van der Waals surface area contributed by atoms with E-state index in [-0.39, 0.29) is 11.3 Å². The van der Waals surface area contributed by atoms with Crippen molar-refractivity contribution in [1.29, 1.82) is 0 Å². The van der Waals surface area contributed by atoms with Crippen LogP contribution in [-0.4, -0.2) is 5.54 Å². The molecule has 90 valence electrons. The Bertz CT molecular complexity index is 393. The summed E-state index contributed by atoms with van der Waals surface area (Å²) in [6.07, 6.45) is 0. The zero-order chi connectivity index (χ0) is 12.7. The van der Waals surface area contributed by atoms with E-state index in [0.29, 0.717) is 4.57 Å². The van der Waals surface area contributed by atoms with E-state index < -0.39 is 23.3 Å². The lowest BCUT2D eigenvalue weighted by Gasteiger charge is -2.23. The first kappa shape index (κ1) is 12.8. The van der Waals surface area contributed by atoms with Crippen LogP contribution in [0.5, 0.6) is 0 Å². The highest BCUT2D eigenvalue weighted by Gasteiger charge is 2.29. The molecule has 0 saturated heterocycles. The number of nitrogens with one attached hydrogen (secondary N) is 1. The second-order valence-corrected chi connectivity index (χ2v) is 4.83. The average Bonchev–Trinajstić information content (AvgIpc) is 2.17. The summed E-state index contributed by atoms with van der Waals surface area (Å²) in [6, 6.07) is 0. The molecule has 1 aromatic rings. The van der Waals surface area contributed by atoms with Gasteiger partial charge in [-0.25, -0.2) is 0 Å². The fourth-order valence-electron chi connectivity index (χ4n) is 1.38. The minimum atomic E-state index is -1.21. The molecule has 0 atom stereocenters. The molecule has 0 radical (unpaired) electrons. The molecule has 1 heterocycles. The third kappa shape index (κ3) is 2.28. The summed E-state index contributed by atoms with van der Waals surface area (Å²) in [4.78, 5) is 0. The van der Waals surface area contributed by atoms with Gasteiger partial charge in [0.1, 0.15) is 7.05 Å². The highest BCUT2D eigenvalue weighted by atomic mass is 19.2. The Kier molecular flexibility index (Phi) is 3.17. The van der Waals surface area contributed by atoms with Crippen LogP contribution in [0.15, 0.2) is 0 Å². The highest BCUT2D eigenvalue weighted by molar-refractivity contribution is 5.51. The van der Waals surface area contributed by atoms with Crippen LogP contribution in [0.25, 0.3) is 0 Å². The molecule has 0 amide bonds. The molecular weight excluding hydrogens is 217 g/mol. The molecule has 1 N–H and O–H groups in total. The lowest BCUT2D eigenvalue weighted by Crippen LogP contribution is -2.41. The maximum atomic E-state index is 13.6. The maximum Gasteiger partial charge on any atom is 0.400 e. The Balaban J connectivity index is 3.40. The number of nitrogens with zero attached hydrogens (tertiary/aromatic N) is 1. The Hall–Kier alpha value is -1.26. The highest BCUT2D eigenvalue weighted by Crippen LogP contribution is 2.24. The second kappa shape index (κ2) is 3.96. The van der Waals surface area contributed by atoms with Crippen molar-refractivity contribution >= 4 is 5.69 Å². The monoisotopic (exact) mass is 233 g/mol. The first-order valence-electron chi connectivity index (χ1n) is 4.96. The Morgan fingerprint density at radius 1 is 1.06 bits per heavy atom. The summed E-state index contributed by atoms with van der Waals surface area (Å²) < 4.78 is 41.0. The van der Waals surface area contributed by atoms with Gasteiger partial charge in [0.15, 0.2) is 0 Å². The fraction of sp³-hybridized carbons (Fsp3) is 0.545. The predicted octanol–water partition coefficient (Wildman–Crippen LogP) is 2.45. The maximum absolute atomic E-state index is 13.6. The Morgan fingerprint density at radius 3 is 2.00 bits per heavy atom. The van der Waals surface area contributed by atoms with E-state index >= 15 is 0 Å². The van der Waals surface area contributed by atoms with Crippen molar-refractivity contribution in [2.24, 2.45) is 7.05 Å². The summed E-state index contributed by atoms with van der Waals surface area (Å²) in [6.45, 7) is 6.77. The van der Waals surface area contributed by atoms with Crippen LogP contribution in [0.3, 0.4) is 0 Å². The summed E-state index contributed by atoms with van der Waals surface area (Å²) in [5.74, 6) is -3.06. The molecule has 2 nitrogen and oxygen atoms in total. The molecule has 1 aromatic heterocycles. The van der Waals surface area contributed by atoms with E-state index in [4.69, 9.17) is 0 Å². The van der Waals surface area contributed by atoms with E-state index in [0.717, 1.165) is 7.05 Å². The molecule has 5 heteroatoms. The van der Waals surface area contributed by atoms with E-state index in [9.17, 15) is 13.2 Å². The van der Waals surface area contributed by atoms with Gasteiger partial charge in [-0.2, -0.15) is 4.39 Å².